The molecule has 0 spiro atoms. The van der Waals surface area contributed by atoms with Gasteiger partial charge in [-0.25, -0.2) is 9.79 Å². The predicted octanol–water partition coefficient (Wildman–Crippen LogP) is 4.63. The standard InChI is InChI=1S/C31H34N6O3/c1-31(2,3)26(38)20-37-25-15-5-4-13-23(25)27(24-14-6-7-16-32-24)34-28(29(37)39)35-30(40)33-21-11-10-12-22(19-21)36-17-8-9-18-36/h4-7,10-16,19,28H,8-9,17-18,20H2,1-3H3,(H2,33,35,40). The van der Waals surface area contributed by atoms with Gasteiger partial charge >= 0.3 is 6.03 Å². The number of pyridine rings is 1. The summed E-state index contributed by atoms with van der Waals surface area (Å²) < 4.78 is 0. The van der Waals surface area contributed by atoms with E-state index in [4.69, 9.17) is 4.99 Å². The Hall–Kier alpha value is -4.53. The van der Waals surface area contributed by atoms with Gasteiger partial charge < -0.3 is 20.4 Å². The number of nitrogens with one attached hydrogen (secondary N) is 2. The average molecular weight is 539 g/mol. The minimum absolute atomic E-state index is 0.112. The Kier molecular flexibility index (Phi) is 7.64. The smallest absolute Gasteiger partial charge is 0.321 e. The first kappa shape index (κ1) is 27.1. The first-order valence-electron chi connectivity index (χ1n) is 13.6. The number of para-hydroxylation sites is 1. The van der Waals surface area contributed by atoms with Crippen LogP contribution in [0.5, 0.6) is 0 Å². The Morgan fingerprint density at radius 1 is 0.975 bits per heavy atom. The maximum atomic E-state index is 14.0. The average Bonchev–Trinajstić information content (AvgIpc) is 3.46. The minimum atomic E-state index is -1.28. The molecule has 2 N–H and O–H groups in total. The van der Waals surface area contributed by atoms with Crippen molar-refractivity contribution in [1.82, 2.24) is 10.3 Å². The number of aliphatic imine (C=N–C) groups is 1. The summed E-state index contributed by atoms with van der Waals surface area (Å²) in [5, 5.41) is 5.59. The van der Waals surface area contributed by atoms with Gasteiger partial charge in [0.15, 0.2) is 5.78 Å². The Morgan fingerprint density at radius 3 is 2.45 bits per heavy atom. The summed E-state index contributed by atoms with van der Waals surface area (Å²) in [6.45, 7) is 7.28. The lowest BCUT2D eigenvalue weighted by Crippen LogP contribution is -2.50. The van der Waals surface area contributed by atoms with Crippen LogP contribution in [0.2, 0.25) is 0 Å². The van der Waals surface area contributed by atoms with Crippen molar-refractivity contribution in [3.05, 3.63) is 84.2 Å². The van der Waals surface area contributed by atoms with E-state index in [1.54, 1.807) is 30.5 Å². The number of rotatable bonds is 6. The van der Waals surface area contributed by atoms with Crippen LogP contribution in [0.25, 0.3) is 0 Å². The summed E-state index contributed by atoms with van der Waals surface area (Å²) in [4.78, 5) is 53.2. The molecule has 0 aliphatic carbocycles. The normalized spacial score (nSPS) is 17.1. The molecule has 3 amide bonds. The van der Waals surface area contributed by atoms with Gasteiger partial charge in [0.2, 0.25) is 6.17 Å². The maximum absolute atomic E-state index is 14.0. The van der Waals surface area contributed by atoms with Crippen LogP contribution < -0.4 is 20.4 Å². The van der Waals surface area contributed by atoms with Crippen LogP contribution in [0.15, 0.2) is 77.9 Å². The van der Waals surface area contributed by atoms with Crippen molar-refractivity contribution in [2.45, 2.75) is 39.8 Å². The lowest BCUT2D eigenvalue weighted by atomic mass is 9.90. The van der Waals surface area contributed by atoms with Crippen LogP contribution in [0.3, 0.4) is 0 Å². The van der Waals surface area contributed by atoms with Gasteiger partial charge in [-0.3, -0.25) is 14.6 Å². The van der Waals surface area contributed by atoms with Crippen LogP contribution in [0, 0.1) is 5.41 Å². The molecule has 9 heteroatoms. The monoisotopic (exact) mass is 538 g/mol. The molecular weight excluding hydrogens is 504 g/mol. The van der Waals surface area contributed by atoms with Crippen molar-refractivity contribution in [3.8, 4) is 0 Å². The van der Waals surface area contributed by atoms with E-state index < -0.39 is 23.5 Å². The highest BCUT2D eigenvalue weighted by Gasteiger charge is 2.36. The van der Waals surface area contributed by atoms with E-state index in [1.807, 2.05) is 63.2 Å². The highest BCUT2D eigenvalue weighted by atomic mass is 16.2. The van der Waals surface area contributed by atoms with Crippen LogP contribution >= 0.6 is 0 Å². The Labute approximate surface area is 234 Å². The number of fused-ring (bicyclic) bond motifs is 1. The number of carbonyl (C=O) groups is 3. The number of amides is 3. The van der Waals surface area contributed by atoms with E-state index >= 15 is 0 Å². The summed E-state index contributed by atoms with van der Waals surface area (Å²) in [7, 11) is 0. The van der Waals surface area contributed by atoms with Crippen LogP contribution in [-0.2, 0) is 9.59 Å². The van der Waals surface area contributed by atoms with Gasteiger partial charge in [-0.2, -0.15) is 0 Å². The maximum Gasteiger partial charge on any atom is 0.321 e. The fourth-order valence-corrected chi connectivity index (χ4v) is 4.82. The highest BCUT2D eigenvalue weighted by molar-refractivity contribution is 6.20. The molecule has 2 aliphatic heterocycles. The summed E-state index contributed by atoms with van der Waals surface area (Å²) >= 11 is 0. The second kappa shape index (κ2) is 11.3. The SMILES string of the molecule is CC(C)(C)C(=O)CN1C(=O)C(NC(=O)Nc2cccc(N3CCCC3)c2)N=C(c2ccccn2)c2ccccc21. The number of Topliss-reactive ketones (excluding diaryl/α,β-unsaturated/α-hetero) is 1. The Morgan fingerprint density at radius 2 is 1.73 bits per heavy atom. The fourth-order valence-electron chi connectivity index (χ4n) is 4.82. The fraction of sp³-hybridized carbons (Fsp3) is 0.323. The predicted molar refractivity (Wildman–Crippen MR) is 157 cm³/mol. The van der Waals surface area contributed by atoms with Gasteiger partial charge in [-0.1, -0.05) is 51.1 Å². The van der Waals surface area contributed by atoms with Crippen LogP contribution in [0.4, 0.5) is 21.9 Å². The van der Waals surface area contributed by atoms with Gasteiger partial charge in [0, 0.05) is 41.6 Å². The van der Waals surface area contributed by atoms with E-state index in [1.165, 1.54) is 4.90 Å². The van der Waals surface area contributed by atoms with Crippen molar-refractivity contribution >= 4 is 40.5 Å². The molecule has 5 rings (SSSR count). The molecular formula is C31H34N6O3. The van der Waals surface area contributed by atoms with Gasteiger partial charge in [0.25, 0.3) is 5.91 Å². The van der Waals surface area contributed by atoms with Gasteiger partial charge in [-0.05, 0) is 49.2 Å². The molecule has 2 aliphatic rings. The third kappa shape index (κ3) is 5.88. The Balaban J connectivity index is 1.47. The summed E-state index contributed by atoms with van der Waals surface area (Å²) in [6, 6.07) is 19.8. The van der Waals surface area contributed by atoms with Gasteiger partial charge in [0.05, 0.1) is 23.6 Å². The quantitative estimate of drug-likeness (QED) is 0.476. The van der Waals surface area contributed by atoms with Gasteiger partial charge in [0.1, 0.15) is 0 Å². The molecule has 9 nitrogen and oxygen atoms in total. The number of hydrogen-bond donors (Lipinski definition) is 2. The molecule has 206 valence electrons. The second-order valence-corrected chi connectivity index (χ2v) is 11.1. The lowest BCUT2D eigenvalue weighted by molar-refractivity contribution is -0.127. The number of ketones is 1. The van der Waals surface area contributed by atoms with E-state index in [2.05, 4.69) is 20.5 Å². The summed E-state index contributed by atoms with van der Waals surface area (Å²) in [6.07, 6.45) is 2.67. The molecule has 3 heterocycles. The zero-order valence-electron chi connectivity index (χ0n) is 23.1. The third-order valence-electron chi connectivity index (χ3n) is 7.10. The van der Waals surface area contributed by atoms with Crippen molar-refractivity contribution in [2.24, 2.45) is 10.4 Å². The second-order valence-electron chi connectivity index (χ2n) is 11.1. The molecule has 1 fully saturated rings. The number of benzodiazepines with no additional fused rings is 1. The van der Waals surface area contributed by atoms with Crippen molar-refractivity contribution < 1.29 is 14.4 Å². The van der Waals surface area contributed by atoms with E-state index in [0.717, 1.165) is 31.6 Å². The van der Waals surface area contributed by atoms with Crippen molar-refractivity contribution in [2.75, 3.05) is 34.8 Å². The van der Waals surface area contributed by atoms with Crippen molar-refractivity contribution in [3.63, 3.8) is 0 Å². The zero-order chi connectivity index (χ0) is 28.3. The van der Waals surface area contributed by atoms with E-state index in [0.29, 0.717) is 28.3 Å². The number of nitrogens with zero attached hydrogens (tertiary/aromatic N) is 4. The number of anilines is 3. The molecule has 0 radical (unpaired) electrons. The molecule has 1 saturated heterocycles. The molecule has 40 heavy (non-hydrogen) atoms. The van der Waals surface area contributed by atoms with Crippen LogP contribution in [0.1, 0.15) is 44.9 Å². The first-order chi connectivity index (χ1) is 19.2. The van der Waals surface area contributed by atoms with Gasteiger partial charge in [-0.15, -0.1) is 0 Å². The number of urea groups is 1. The molecule has 1 unspecified atom stereocenters. The topological polar surface area (TPSA) is 107 Å². The molecule has 0 saturated carbocycles. The van der Waals surface area contributed by atoms with Crippen LogP contribution in [-0.4, -0.2) is 54.2 Å². The highest BCUT2D eigenvalue weighted by Crippen LogP contribution is 2.29. The zero-order valence-corrected chi connectivity index (χ0v) is 23.1. The third-order valence-corrected chi connectivity index (χ3v) is 7.10. The largest absolute Gasteiger partial charge is 0.371 e. The molecule has 3 aromatic rings. The summed E-state index contributed by atoms with van der Waals surface area (Å²) in [5.41, 5.74) is 3.19. The minimum Gasteiger partial charge on any atom is -0.371 e. The van der Waals surface area contributed by atoms with Crippen molar-refractivity contribution in [1.29, 1.82) is 0 Å². The summed E-state index contributed by atoms with van der Waals surface area (Å²) in [5.74, 6) is -0.615. The molecule has 2 aromatic carbocycles. The van der Waals surface area contributed by atoms with E-state index in [-0.39, 0.29) is 12.3 Å². The molecule has 1 aromatic heterocycles. The Bertz CT molecular complexity index is 1440. The number of benzene rings is 2. The van der Waals surface area contributed by atoms with E-state index in [9.17, 15) is 14.4 Å². The number of aromatic nitrogens is 1. The number of hydrogen-bond acceptors (Lipinski definition) is 6. The first-order valence-corrected chi connectivity index (χ1v) is 13.6. The molecule has 0 bridgehead atoms. The molecule has 1 atom stereocenters. The number of carbonyl (C=O) groups excluding carboxylic acids is 3. The lowest BCUT2D eigenvalue weighted by Gasteiger charge is -2.28.